The standard InChI is InChI=1S/C21H25N5O2/c27-12-9-22-21(28)8-7-17-13-19-15-25(10-11-26(19)24-17)14-18-6-5-16-3-1-2-4-20(16)23-18/h1-6,13,27H,7-12,14-15H2,(H,22,28). The Morgan fingerprint density at radius 2 is 2.04 bits per heavy atom. The Hall–Kier alpha value is -2.77. The molecule has 1 amide bonds. The minimum Gasteiger partial charge on any atom is -0.395 e. The minimum absolute atomic E-state index is 0.0353. The summed E-state index contributed by atoms with van der Waals surface area (Å²) in [5, 5.41) is 17.2. The topological polar surface area (TPSA) is 83.3 Å². The number of aryl methyl sites for hydroxylation is 1. The highest BCUT2D eigenvalue weighted by molar-refractivity contribution is 5.78. The summed E-state index contributed by atoms with van der Waals surface area (Å²) in [6, 6.07) is 14.5. The van der Waals surface area contributed by atoms with Gasteiger partial charge in [-0.1, -0.05) is 24.3 Å². The first-order valence-electron chi connectivity index (χ1n) is 9.71. The van der Waals surface area contributed by atoms with E-state index < -0.39 is 0 Å². The number of nitrogens with one attached hydrogen (secondary N) is 1. The van der Waals surface area contributed by atoms with Crippen LogP contribution in [0.2, 0.25) is 0 Å². The lowest BCUT2D eigenvalue weighted by atomic mass is 10.2. The summed E-state index contributed by atoms with van der Waals surface area (Å²) >= 11 is 0. The molecule has 2 aromatic heterocycles. The molecule has 1 aliphatic rings. The molecule has 7 heteroatoms. The van der Waals surface area contributed by atoms with Gasteiger partial charge in [-0.3, -0.25) is 19.4 Å². The summed E-state index contributed by atoms with van der Waals surface area (Å²) in [6.07, 6.45) is 1.00. The van der Waals surface area contributed by atoms with Gasteiger partial charge in [0.25, 0.3) is 0 Å². The first-order chi connectivity index (χ1) is 13.7. The lowest BCUT2D eigenvalue weighted by molar-refractivity contribution is -0.121. The van der Waals surface area contributed by atoms with Crippen LogP contribution in [-0.4, -0.2) is 50.4 Å². The third kappa shape index (κ3) is 4.37. The number of benzene rings is 1. The Kier molecular flexibility index (Phi) is 5.64. The summed E-state index contributed by atoms with van der Waals surface area (Å²) in [7, 11) is 0. The zero-order chi connectivity index (χ0) is 19.3. The Bertz CT molecular complexity index is 968. The maximum atomic E-state index is 11.7. The number of rotatable bonds is 7. The highest BCUT2D eigenvalue weighted by Gasteiger charge is 2.19. The van der Waals surface area contributed by atoms with Crippen molar-refractivity contribution >= 4 is 16.8 Å². The minimum atomic E-state index is -0.0518. The van der Waals surface area contributed by atoms with E-state index in [1.54, 1.807) is 0 Å². The number of aliphatic hydroxyl groups excluding tert-OH is 1. The first-order valence-corrected chi connectivity index (χ1v) is 9.71. The molecule has 0 unspecified atom stereocenters. The SMILES string of the molecule is O=C(CCc1cc2n(n1)CCN(Cc1ccc3ccccc3n1)C2)NCCO. The van der Waals surface area contributed by atoms with E-state index in [2.05, 4.69) is 39.6 Å². The van der Waals surface area contributed by atoms with Crippen molar-refractivity contribution in [1.82, 2.24) is 25.0 Å². The van der Waals surface area contributed by atoms with E-state index in [1.807, 2.05) is 22.9 Å². The fourth-order valence-corrected chi connectivity index (χ4v) is 3.59. The molecule has 1 aliphatic heterocycles. The Balaban J connectivity index is 1.36. The van der Waals surface area contributed by atoms with Crippen LogP contribution in [0.3, 0.4) is 0 Å². The van der Waals surface area contributed by atoms with E-state index in [1.165, 1.54) is 5.69 Å². The molecule has 0 bridgehead atoms. The zero-order valence-electron chi connectivity index (χ0n) is 15.8. The van der Waals surface area contributed by atoms with Gasteiger partial charge < -0.3 is 10.4 Å². The molecule has 0 saturated carbocycles. The second-order valence-corrected chi connectivity index (χ2v) is 7.13. The highest BCUT2D eigenvalue weighted by atomic mass is 16.3. The quantitative estimate of drug-likeness (QED) is 0.650. The van der Waals surface area contributed by atoms with Gasteiger partial charge in [0.1, 0.15) is 0 Å². The van der Waals surface area contributed by atoms with Crippen LogP contribution in [0, 0.1) is 0 Å². The van der Waals surface area contributed by atoms with Crippen molar-refractivity contribution in [2.24, 2.45) is 0 Å². The molecule has 7 nitrogen and oxygen atoms in total. The molecule has 146 valence electrons. The molecule has 0 aliphatic carbocycles. The van der Waals surface area contributed by atoms with Gasteiger partial charge in [0.05, 0.1) is 35.8 Å². The van der Waals surface area contributed by atoms with E-state index in [0.29, 0.717) is 19.4 Å². The number of carbonyl (C=O) groups excluding carboxylic acids is 1. The highest BCUT2D eigenvalue weighted by Crippen LogP contribution is 2.18. The van der Waals surface area contributed by atoms with Crippen LogP contribution in [0.5, 0.6) is 0 Å². The van der Waals surface area contributed by atoms with Crippen LogP contribution in [-0.2, 0) is 30.8 Å². The number of aromatic nitrogens is 3. The van der Waals surface area contributed by atoms with Crippen molar-refractivity contribution < 1.29 is 9.90 Å². The van der Waals surface area contributed by atoms with Crippen molar-refractivity contribution in [3.63, 3.8) is 0 Å². The van der Waals surface area contributed by atoms with Crippen LogP contribution in [0.4, 0.5) is 0 Å². The van der Waals surface area contributed by atoms with Gasteiger partial charge >= 0.3 is 0 Å². The number of para-hydroxylation sites is 1. The fraction of sp³-hybridized carbons (Fsp3) is 0.381. The molecule has 3 aromatic rings. The Morgan fingerprint density at radius 3 is 2.93 bits per heavy atom. The number of hydrogen-bond acceptors (Lipinski definition) is 5. The summed E-state index contributed by atoms with van der Waals surface area (Å²) < 4.78 is 2.05. The third-order valence-electron chi connectivity index (χ3n) is 5.01. The Morgan fingerprint density at radius 1 is 1.14 bits per heavy atom. The largest absolute Gasteiger partial charge is 0.395 e. The molecule has 4 rings (SSSR count). The summed E-state index contributed by atoms with van der Waals surface area (Å²) in [4.78, 5) is 18.9. The van der Waals surface area contributed by atoms with Crippen LogP contribution in [0.25, 0.3) is 10.9 Å². The molecule has 2 N–H and O–H groups in total. The number of hydrogen-bond donors (Lipinski definition) is 2. The van der Waals surface area contributed by atoms with Crippen molar-refractivity contribution in [2.75, 3.05) is 19.7 Å². The van der Waals surface area contributed by atoms with Crippen molar-refractivity contribution in [1.29, 1.82) is 0 Å². The summed E-state index contributed by atoms with van der Waals surface area (Å²) in [5.74, 6) is -0.0518. The molecule has 0 spiro atoms. The van der Waals surface area contributed by atoms with E-state index in [4.69, 9.17) is 10.1 Å². The van der Waals surface area contributed by atoms with Gasteiger partial charge in [0.15, 0.2) is 0 Å². The van der Waals surface area contributed by atoms with Crippen molar-refractivity contribution in [3.8, 4) is 0 Å². The van der Waals surface area contributed by atoms with Gasteiger partial charge in [-0.25, -0.2) is 0 Å². The number of aliphatic hydroxyl groups is 1. The smallest absolute Gasteiger partial charge is 0.220 e. The normalized spacial score (nSPS) is 14.2. The molecule has 0 fully saturated rings. The molecule has 0 radical (unpaired) electrons. The van der Waals surface area contributed by atoms with Crippen molar-refractivity contribution in [2.45, 2.75) is 32.5 Å². The molecule has 1 aromatic carbocycles. The monoisotopic (exact) mass is 379 g/mol. The number of carbonyl (C=O) groups is 1. The summed E-state index contributed by atoms with van der Waals surface area (Å²) in [5.41, 5.74) is 4.23. The predicted octanol–water partition coefficient (Wildman–Crippen LogP) is 1.49. The van der Waals surface area contributed by atoms with Gasteiger partial charge in [-0.2, -0.15) is 5.10 Å². The lowest BCUT2D eigenvalue weighted by Crippen LogP contribution is -2.33. The van der Waals surface area contributed by atoms with E-state index in [0.717, 1.165) is 48.5 Å². The van der Waals surface area contributed by atoms with E-state index in [-0.39, 0.29) is 12.5 Å². The average Bonchev–Trinajstić information content (AvgIpc) is 3.13. The molecule has 0 atom stereocenters. The number of fused-ring (bicyclic) bond motifs is 2. The van der Waals surface area contributed by atoms with Gasteiger partial charge in [0, 0.05) is 44.4 Å². The van der Waals surface area contributed by atoms with Crippen LogP contribution >= 0.6 is 0 Å². The maximum absolute atomic E-state index is 11.7. The molecular weight excluding hydrogens is 354 g/mol. The zero-order valence-corrected chi connectivity index (χ0v) is 15.8. The fourth-order valence-electron chi connectivity index (χ4n) is 3.59. The number of amides is 1. The molecule has 28 heavy (non-hydrogen) atoms. The Labute approximate surface area is 164 Å². The molecule has 3 heterocycles. The van der Waals surface area contributed by atoms with Gasteiger partial charge in [0.2, 0.25) is 5.91 Å². The predicted molar refractivity (Wildman–Crippen MR) is 107 cm³/mol. The lowest BCUT2D eigenvalue weighted by Gasteiger charge is -2.27. The third-order valence-corrected chi connectivity index (χ3v) is 5.01. The summed E-state index contributed by atoms with van der Waals surface area (Å²) in [6.45, 7) is 3.69. The van der Waals surface area contributed by atoms with Crippen molar-refractivity contribution in [3.05, 3.63) is 59.5 Å². The second kappa shape index (κ2) is 8.50. The van der Waals surface area contributed by atoms with Gasteiger partial charge in [-0.05, 0) is 18.2 Å². The van der Waals surface area contributed by atoms with Crippen LogP contribution in [0.15, 0.2) is 42.5 Å². The molecular formula is C21H25N5O2. The second-order valence-electron chi connectivity index (χ2n) is 7.13. The molecule has 0 saturated heterocycles. The first kappa shape index (κ1) is 18.6. The van der Waals surface area contributed by atoms with E-state index >= 15 is 0 Å². The van der Waals surface area contributed by atoms with E-state index in [9.17, 15) is 4.79 Å². The number of pyridine rings is 1. The van der Waals surface area contributed by atoms with Crippen LogP contribution < -0.4 is 5.32 Å². The van der Waals surface area contributed by atoms with Gasteiger partial charge in [-0.15, -0.1) is 0 Å². The number of nitrogens with zero attached hydrogens (tertiary/aromatic N) is 4. The average molecular weight is 379 g/mol. The maximum Gasteiger partial charge on any atom is 0.220 e. The van der Waals surface area contributed by atoms with Crippen LogP contribution in [0.1, 0.15) is 23.5 Å².